The smallest absolute Gasteiger partial charge is 0.408 e. The van der Waals surface area contributed by atoms with E-state index in [4.69, 9.17) is 9.47 Å². The number of rotatable bonds is 14. The molecular weight excluding hydrogens is 494 g/mol. The van der Waals surface area contributed by atoms with Gasteiger partial charge in [-0.1, -0.05) is 59.3 Å². The fraction of sp³-hybridized carbons (Fsp3) is 0.774. The average molecular weight is 548 g/mol. The van der Waals surface area contributed by atoms with Crippen LogP contribution in [-0.4, -0.2) is 59.2 Å². The molecule has 2 fully saturated rings. The van der Waals surface area contributed by atoms with E-state index in [1.807, 2.05) is 39.8 Å². The molecule has 2 rings (SSSR count). The first kappa shape index (κ1) is 32.7. The van der Waals surface area contributed by atoms with Gasteiger partial charge in [0.25, 0.3) is 0 Å². The molecule has 0 bridgehead atoms. The Morgan fingerprint density at radius 2 is 1.87 bits per heavy atom. The van der Waals surface area contributed by atoms with Crippen LogP contribution in [0.5, 0.6) is 0 Å². The lowest BCUT2D eigenvalue weighted by atomic mass is 9.94. The number of esters is 1. The van der Waals surface area contributed by atoms with Crippen LogP contribution in [0.1, 0.15) is 100 Å². The molecule has 5 atom stereocenters. The summed E-state index contributed by atoms with van der Waals surface area (Å²) in [6.45, 7) is 21.1. The van der Waals surface area contributed by atoms with E-state index in [0.29, 0.717) is 43.3 Å². The quantitative estimate of drug-likeness (QED) is 0.213. The molecule has 8 heteroatoms. The largest absolute Gasteiger partial charge is 0.464 e. The minimum absolute atomic E-state index is 0.0731. The highest BCUT2D eigenvalue weighted by Crippen LogP contribution is 2.46. The molecule has 1 heterocycles. The lowest BCUT2D eigenvalue weighted by molar-refractivity contribution is -0.149. The molecule has 0 aromatic heterocycles. The second-order valence-electron chi connectivity index (χ2n) is 12.6. The molecule has 1 aliphatic carbocycles. The first-order valence-corrected chi connectivity index (χ1v) is 14.9. The molecule has 0 radical (unpaired) electrons. The Hall–Kier alpha value is -2.51. The topological polar surface area (TPSA) is 97.0 Å². The fourth-order valence-corrected chi connectivity index (χ4v) is 5.52. The number of nitrogens with zero attached hydrogens (tertiary/aromatic N) is 1. The highest BCUT2D eigenvalue weighted by atomic mass is 16.6. The number of unbranched alkanes of at least 4 members (excludes halogenated alkanes) is 1. The molecule has 2 N–H and O–H groups in total. The summed E-state index contributed by atoms with van der Waals surface area (Å²) in [6.07, 6.45) is 9.17. The molecule has 1 aliphatic heterocycles. The standard InChI is InChI=1S/C31H53N3O5/c1-10-13-15-24-19-31(24,28(36)38-12-3)33-27(35)26-18-23(17-21(4)5)20-34(26)22(6)25(16-14-11-2)32-29(37)39-30(7,8)9/h13,15,21,23-26H,6,10-12,14,16-20H2,1-5,7-9H3,(H,32,37)(H,33,35)/b15-13-/t23-,24-,25+,26+,31-/m1/s1. The third kappa shape index (κ3) is 9.28. The van der Waals surface area contributed by atoms with E-state index in [1.165, 1.54) is 0 Å². The van der Waals surface area contributed by atoms with Gasteiger partial charge in [-0.15, -0.1) is 0 Å². The van der Waals surface area contributed by atoms with Crippen LogP contribution in [0.15, 0.2) is 24.4 Å². The molecule has 0 aromatic carbocycles. The van der Waals surface area contributed by atoms with Gasteiger partial charge in [-0.3, -0.25) is 4.79 Å². The van der Waals surface area contributed by atoms with Crippen molar-refractivity contribution in [3.63, 3.8) is 0 Å². The van der Waals surface area contributed by atoms with Crippen molar-refractivity contribution in [1.29, 1.82) is 0 Å². The average Bonchev–Trinajstić information content (AvgIpc) is 3.37. The second kappa shape index (κ2) is 14.2. The number of hydrogen-bond acceptors (Lipinski definition) is 6. The monoisotopic (exact) mass is 547 g/mol. The summed E-state index contributed by atoms with van der Waals surface area (Å²) in [5, 5.41) is 6.11. The minimum atomic E-state index is -1.02. The zero-order chi connectivity index (χ0) is 29.4. The van der Waals surface area contributed by atoms with E-state index in [9.17, 15) is 14.4 Å². The maximum absolute atomic E-state index is 13.9. The number of carbonyl (C=O) groups is 3. The summed E-state index contributed by atoms with van der Waals surface area (Å²) in [5.41, 5.74) is -0.921. The van der Waals surface area contributed by atoms with Crippen LogP contribution in [0.2, 0.25) is 0 Å². The Morgan fingerprint density at radius 3 is 2.44 bits per heavy atom. The van der Waals surface area contributed by atoms with Crippen LogP contribution in [0, 0.1) is 17.8 Å². The van der Waals surface area contributed by atoms with Crippen molar-refractivity contribution in [1.82, 2.24) is 15.5 Å². The van der Waals surface area contributed by atoms with Crippen molar-refractivity contribution in [3.8, 4) is 0 Å². The number of amides is 2. The number of likely N-dealkylation sites (tertiary alicyclic amines) is 1. The maximum Gasteiger partial charge on any atom is 0.408 e. The zero-order valence-electron chi connectivity index (χ0n) is 25.6. The molecule has 1 saturated heterocycles. The maximum atomic E-state index is 13.9. The van der Waals surface area contributed by atoms with Crippen LogP contribution in [0.3, 0.4) is 0 Å². The Morgan fingerprint density at radius 1 is 1.18 bits per heavy atom. The number of alkyl carbamates (subject to hydrolysis) is 1. The van der Waals surface area contributed by atoms with Gasteiger partial charge < -0.3 is 25.0 Å². The first-order chi connectivity index (χ1) is 18.3. The van der Waals surface area contributed by atoms with Crippen LogP contribution >= 0.6 is 0 Å². The SMILES string of the molecule is C=C([C@H](CCCC)NC(=O)OC(C)(C)C)N1C[C@H](CC(C)C)C[C@H]1C(=O)N[C@]1(C(=O)OCC)C[C@H]1/C=C\CC. The fourth-order valence-electron chi connectivity index (χ4n) is 5.52. The molecule has 222 valence electrons. The van der Waals surface area contributed by atoms with Gasteiger partial charge in [0.15, 0.2) is 0 Å². The van der Waals surface area contributed by atoms with E-state index in [1.54, 1.807) is 6.92 Å². The van der Waals surface area contributed by atoms with Crippen molar-refractivity contribution in [3.05, 3.63) is 24.4 Å². The van der Waals surface area contributed by atoms with Gasteiger partial charge in [-0.2, -0.15) is 0 Å². The van der Waals surface area contributed by atoms with Gasteiger partial charge in [-0.05, 0) is 71.6 Å². The van der Waals surface area contributed by atoms with Crippen LogP contribution in [0.4, 0.5) is 4.79 Å². The van der Waals surface area contributed by atoms with Crippen molar-refractivity contribution in [2.75, 3.05) is 13.2 Å². The van der Waals surface area contributed by atoms with Crippen LogP contribution in [-0.2, 0) is 19.1 Å². The van der Waals surface area contributed by atoms with E-state index < -0.39 is 23.3 Å². The Balaban J connectivity index is 2.30. The predicted molar refractivity (Wildman–Crippen MR) is 155 cm³/mol. The Bertz CT molecular complexity index is 893. The number of hydrogen-bond donors (Lipinski definition) is 2. The highest BCUT2D eigenvalue weighted by Gasteiger charge is 2.62. The van der Waals surface area contributed by atoms with E-state index in [2.05, 4.69) is 42.9 Å². The summed E-state index contributed by atoms with van der Waals surface area (Å²) in [5.74, 6) is 0.157. The van der Waals surface area contributed by atoms with Gasteiger partial charge >= 0.3 is 12.1 Å². The third-order valence-corrected chi connectivity index (χ3v) is 7.41. The minimum Gasteiger partial charge on any atom is -0.464 e. The third-order valence-electron chi connectivity index (χ3n) is 7.41. The lowest BCUT2D eigenvalue weighted by Crippen LogP contribution is -2.53. The molecule has 8 nitrogen and oxygen atoms in total. The van der Waals surface area contributed by atoms with Gasteiger partial charge in [0.2, 0.25) is 5.91 Å². The molecule has 0 aromatic rings. The molecule has 0 unspecified atom stereocenters. The van der Waals surface area contributed by atoms with Crippen molar-refractivity contribution in [2.45, 2.75) is 124 Å². The second-order valence-corrected chi connectivity index (χ2v) is 12.6. The highest BCUT2D eigenvalue weighted by molar-refractivity contribution is 5.94. The van der Waals surface area contributed by atoms with Crippen LogP contribution in [0.25, 0.3) is 0 Å². The number of nitrogens with one attached hydrogen (secondary N) is 2. The molecule has 1 saturated carbocycles. The molecule has 2 amide bonds. The predicted octanol–water partition coefficient (Wildman–Crippen LogP) is 5.72. The molecule has 0 spiro atoms. The number of carbonyl (C=O) groups excluding carboxylic acids is 3. The normalized spacial score (nSPS) is 25.5. The van der Waals surface area contributed by atoms with Gasteiger partial charge in [0, 0.05) is 18.2 Å². The van der Waals surface area contributed by atoms with E-state index in [0.717, 1.165) is 25.7 Å². The summed E-state index contributed by atoms with van der Waals surface area (Å²) in [7, 11) is 0. The van der Waals surface area contributed by atoms with Crippen LogP contribution < -0.4 is 10.6 Å². The Kier molecular flexibility index (Phi) is 11.9. The zero-order valence-corrected chi connectivity index (χ0v) is 25.6. The molecule has 2 aliphatic rings. The van der Waals surface area contributed by atoms with E-state index in [-0.39, 0.29) is 30.4 Å². The number of allylic oxidation sites excluding steroid dienone is 1. The summed E-state index contributed by atoms with van der Waals surface area (Å²) in [6, 6.07) is -0.832. The molecular formula is C31H53N3O5. The Labute approximate surface area is 236 Å². The summed E-state index contributed by atoms with van der Waals surface area (Å²) < 4.78 is 10.9. The summed E-state index contributed by atoms with van der Waals surface area (Å²) >= 11 is 0. The lowest BCUT2D eigenvalue weighted by Gasteiger charge is -2.34. The first-order valence-electron chi connectivity index (χ1n) is 14.9. The van der Waals surface area contributed by atoms with Crippen molar-refractivity contribution < 1.29 is 23.9 Å². The van der Waals surface area contributed by atoms with Gasteiger partial charge in [0.1, 0.15) is 17.2 Å². The summed E-state index contributed by atoms with van der Waals surface area (Å²) in [4.78, 5) is 41.6. The molecule has 39 heavy (non-hydrogen) atoms. The van der Waals surface area contributed by atoms with Gasteiger partial charge in [0.05, 0.1) is 12.6 Å². The van der Waals surface area contributed by atoms with E-state index >= 15 is 0 Å². The van der Waals surface area contributed by atoms with Crippen molar-refractivity contribution >= 4 is 18.0 Å². The number of ether oxygens (including phenoxy) is 2. The van der Waals surface area contributed by atoms with Gasteiger partial charge in [-0.25, -0.2) is 9.59 Å². The van der Waals surface area contributed by atoms with Crippen molar-refractivity contribution in [2.24, 2.45) is 17.8 Å².